The number of likely N-dealkylation sites (tertiary alicyclic amines) is 1. The summed E-state index contributed by atoms with van der Waals surface area (Å²) in [6.07, 6.45) is 2.26. The first kappa shape index (κ1) is 26.5. The molecule has 0 radical (unpaired) electrons. The number of carbonyl (C=O) groups is 2. The molecule has 2 N–H and O–H groups in total. The highest BCUT2D eigenvalue weighted by Crippen LogP contribution is 2.40. The van der Waals surface area contributed by atoms with Gasteiger partial charge in [-0.15, -0.1) is 0 Å². The number of rotatable bonds is 9. The van der Waals surface area contributed by atoms with Gasteiger partial charge in [-0.1, -0.05) is 0 Å². The van der Waals surface area contributed by atoms with Crippen LogP contribution in [0.15, 0.2) is 78.5 Å². The number of hydrogen-bond acceptors (Lipinski definition) is 7. The third-order valence-electron chi connectivity index (χ3n) is 6.99. The zero-order valence-electron chi connectivity index (χ0n) is 21.9. The Bertz CT molecular complexity index is 1620. The second-order valence-electron chi connectivity index (χ2n) is 9.27. The first-order chi connectivity index (χ1) is 19.3. The number of ether oxygens (including phenoxy) is 2. The number of H-pyrrole nitrogens is 1. The normalized spacial score (nSPS) is 16.4. The molecular formula is C30H27N3O7. The summed E-state index contributed by atoms with van der Waals surface area (Å²) in [7, 11) is 1.58. The van der Waals surface area contributed by atoms with Crippen LogP contribution in [-0.2, 0) is 16.0 Å². The molecule has 0 saturated carbocycles. The van der Waals surface area contributed by atoms with Crippen molar-refractivity contribution in [1.82, 2.24) is 9.88 Å². The fourth-order valence-electron chi connectivity index (χ4n) is 5.00. The van der Waals surface area contributed by atoms with E-state index < -0.39 is 22.7 Å². The molecule has 3 aromatic carbocycles. The van der Waals surface area contributed by atoms with Crippen LogP contribution in [-0.4, -0.2) is 51.9 Å². The molecule has 2 heterocycles. The van der Waals surface area contributed by atoms with Crippen LogP contribution in [0.3, 0.4) is 0 Å². The fraction of sp³-hybridized carbons (Fsp3) is 0.200. The van der Waals surface area contributed by atoms with Gasteiger partial charge >= 0.3 is 0 Å². The molecule has 204 valence electrons. The molecule has 40 heavy (non-hydrogen) atoms. The Morgan fingerprint density at radius 3 is 2.40 bits per heavy atom. The lowest BCUT2D eigenvalue weighted by Gasteiger charge is -2.25. The SMILES string of the molecule is CCOc1ccc(C(O)=C2C(=O)C(=O)N(CCc3c[nH]c4ccc(OC)cc34)[C@@H]2c2ccc([N+](=O)[O-])cc2)cc1. The fourth-order valence-corrected chi connectivity index (χ4v) is 5.00. The van der Waals surface area contributed by atoms with Crippen molar-refractivity contribution in [2.24, 2.45) is 0 Å². The topological polar surface area (TPSA) is 135 Å². The zero-order valence-corrected chi connectivity index (χ0v) is 21.9. The first-order valence-electron chi connectivity index (χ1n) is 12.7. The van der Waals surface area contributed by atoms with E-state index in [1.54, 1.807) is 31.4 Å². The maximum Gasteiger partial charge on any atom is 0.295 e. The van der Waals surface area contributed by atoms with Gasteiger partial charge in [-0.05, 0) is 79.1 Å². The summed E-state index contributed by atoms with van der Waals surface area (Å²) >= 11 is 0. The second-order valence-corrected chi connectivity index (χ2v) is 9.27. The lowest BCUT2D eigenvalue weighted by molar-refractivity contribution is -0.384. The van der Waals surface area contributed by atoms with Crippen molar-refractivity contribution in [2.75, 3.05) is 20.3 Å². The van der Waals surface area contributed by atoms with E-state index in [1.807, 2.05) is 31.3 Å². The van der Waals surface area contributed by atoms with Crippen LogP contribution in [0, 0.1) is 10.1 Å². The molecule has 1 fully saturated rings. The average molecular weight is 542 g/mol. The lowest BCUT2D eigenvalue weighted by atomic mass is 9.95. The standard InChI is InChI=1S/C30H27N3O7/c1-3-40-22-10-6-19(7-11-22)28(34)26-27(18-4-8-21(9-5-18)33(37)38)32(30(36)29(26)35)15-14-20-17-31-25-13-12-23(39-2)16-24(20)25/h4-13,16-17,27,31,34H,3,14-15H2,1-2H3/t27-/m1/s1. The van der Waals surface area contributed by atoms with Gasteiger partial charge in [0.2, 0.25) is 0 Å². The van der Waals surface area contributed by atoms with Crippen molar-refractivity contribution < 1.29 is 29.1 Å². The van der Waals surface area contributed by atoms with Crippen LogP contribution in [0.4, 0.5) is 5.69 Å². The molecular weight excluding hydrogens is 514 g/mol. The van der Waals surface area contributed by atoms with Gasteiger partial charge in [-0.3, -0.25) is 19.7 Å². The molecule has 1 atom stereocenters. The van der Waals surface area contributed by atoms with E-state index in [1.165, 1.54) is 29.2 Å². The molecule has 4 aromatic rings. The third-order valence-corrected chi connectivity index (χ3v) is 6.99. The van der Waals surface area contributed by atoms with Gasteiger partial charge in [0, 0.05) is 41.3 Å². The Morgan fingerprint density at radius 2 is 1.75 bits per heavy atom. The van der Waals surface area contributed by atoms with Crippen LogP contribution in [0.2, 0.25) is 0 Å². The number of benzene rings is 3. The number of aliphatic hydroxyl groups is 1. The number of ketones is 1. The van der Waals surface area contributed by atoms with E-state index >= 15 is 0 Å². The molecule has 10 nitrogen and oxygen atoms in total. The quantitative estimate of drug-likeness (QED) is 0.0984. The maximum absolute atomic E-state index is 13.4. The van der Waals surface area contributed by atoms with E-state index in [0.29, 0.717) is 35.7 Å². The first-order valence-corrected chi connectivity index (χ1v) is 12.7. The number of amides is 1. The minimum atomic E-state index is -0.938. The summed E-state index contributed by atoms with van der Waals surface area (Å²) < 4.78 is 10.8. The smallest absolute Gasteiger partial charge is 0.295 e. The van der Waals surface area contributed by atoms with Gasteiger partial charge in [-0.25, -0.2) is 0 Å². The Balaban J connectivity index is 1.54. The van der Waals surface area contributed by atoms with Crippen molar-refractivity contribution in [1.29, 1.82) is 0 Å². The van der Waals surface area contributed by atoms with Crippen LogP contribution < -0.4 is 9.47 Å². The highest BCUT2D eigenvalue weighted by molar-refractivity contribution is 6.46. The van der Waals surface area contributed by atoms with Crippen molar-refractivity contribution in [3.63, 3.8) is 0 Å². The Hall–Kier alpha value is -5.12. The predicted molar refractivity (Wildman–Crippen MR) is 148 cm³/mol. The Labute approximate surface area is 229 Å². The number of nitro benzene ring substituents is 1. The average Bonchev–Trinajstić information content (AvgIpc) is 3.49. The van der Waals surface area contributed by atoms with Gasteiger partial charge in [0.1, 0.15) is 17.3 Å². The molecule has 0 unspecified atom stereocenters. The summed E-state index contributed by atoms with van der Waals surface area (Å²) in [6.45, 7) is 2.49. The molecule has 10 heteroatoms. The number of Topliss-reactive ketones (excluding diaryl/α,β-unsaturated/α-hetero) is 1. The molecule has 1 aromatic heterocycles. The molecule has 0 bridgehead atoms. The highest BCUT2D eigenvalue weighted by atomic mass is 16.6. The van der Waals surface area contributed by atoms with Crippen molar-refractivity contribution in [3.8, 4) is 11.5 Å². The minimum Gasteiger partial charge on any atom is -0.507 e. The number of nitrogens with zero attached hydrogens (tertiary/aromatic N) is 2. The monoisotopic (exact) mass is 541 g/mol. The van der Waals surface area contributed by atoms with Crippen molar-refractivity contribution in [3.05, 3.63) is 105 Å². The molecule has 0 spiro atoms. The van der Waals surface area contributed by atoms with Crippen molar-refractivity contribution >= 4 is 34.0 Å². The molecule has 1 aliphatic rings. The zero-order chi connectivity index (χ0) is 28.4. The molecule has 1 aliphatic heterocycles. The van der Waals surface area contributed by atoms with Gasteiger partial charge in [0.05, 0.1) is 30.3 Å². The Kier molecular flexibility index (Phi) is 7.24. The van der Waals surface area contributed by atoms with Gasteiger partial charge in [0.25, 0.3) is 17.4 Å². The number of fused-ring (bicyclic) bond motifs is 1. The van der Waals surface area contributed by atoms with Crippen molar-refractivity contribution in [2.45, 2.75) is 19.4 Å². The summed E-state index contributed by atoms with van der Waals surface area (Å²) in [5.41, 5.74) is 2.43. The number of aliphatic hydroxyl groups excluding tert-OH is 1. The van der Waals surface area contributed by atoms with Crippen LogP contribution in [0.25, 0.3) is 16.7 Å². The summed E-state index contributed by atoms with van der Waals surface area (Å²) in [4.78, 5) is 42.0. The number of methoxy groups -OCH3 is 1. The number of nitro groups is 1. The molecule has 1 amide bonds. The summed E-state index contributed by atoms with van der Waals surface area (Å²) in [5, 5.41) is 23.4. The van der Waals surface area contributed by atoms with Gasteiger partial charge < -0.3 is 24.5 Å². The predicted octanol–water partition coefficient (Wildman–Crippen LogP) is 5.15. The molecule has 5 rings (SSSR count). The van der Waals surface area contributed by atoms with Crippen LogP contribution in [0.5, 0.6) is 11.5 Å². The van der Waals surface area contributed by atoms with E-state index in [9.17, 15) is 24.8 Å². The van der Waals surface area contributed by atoms with Gasteiger partial charge in [-0.2, -0.15) is 0 Å². The number of hydrogen-bond donors (Lipinski definition) is 2. The van der Waals surface area contributed by atoms with Crippen LogP contribution >= 0.6 is 0 Å². The molecule has 0 aliphatic carbocycles. The second kappa shape index (κ2) is 10.9. The van der Waals surface area contributed by atoms with Gasteiger partial charge in [0.15, 0.2) is 0 Å². The highest BCUT2D eigenvalue weighted by Gasteiger charge is 2.46. The van der Waals surface area contributed by atoms with E-state index in [2.05, 4.69) is 4.98 Å². The number of nitrogens with one attached hydrogen (secondary N) is 1. The number of non-ortho nitro benzene ring substituents is 1. The number of aromatic amines is 1. The number of aromatic nitrogens is 1. The minimum absolute atomic E-state index is 0.0800. The lowest BCUT2D eigenvalue weighted by Crippen LogP contribution is -2.31. The van der Waals surface area contributed by atoms with E-state index in [0.717, 1.165) is 16.5 Å². The van der Waals surface area contributed by atoms with Crippen LogP contribution in [0.1, 0.15) is 29.7 Å². The summed E-state index contributed by atoms with van der Waals surface area (Å²) in [5.74, 6) is -0.621. The van der Waals surface area contributed by atoms with E-state index in [-0.39, 0.29) is 23.6 Å². The number of carbonyl (C=O) groups excluding carboxylic acids is 2. The third kappa shape index (κ3) is 4.86. The maximum atomic E-state index is 13.4. The largest absolute Gasteiger partial charge is 0.507 e. The summed E-state index contributed by atoms with van der Waals surface area (Å²) in [6, 6.07) is 16.9. The van der Waals surface area contributed by atoms with E-state index in [4.69, 9.17) is 9.47 Å². The Morgan fingerprint density at radius 1 is 1.05 bits per heavy atom. The molecule has 1 saturated heterocycles.